The summed E-state index contributed by atoms with van der Waals surface area (Å²) in [5, 5.41) is 8.72. The van der Waals surface area contributed by atoms with Gasteiger partial charge < -0.3 is 0 Å². The molecule has 32 heavy (non-hydrogen) atoms. The molecular weight excluding hydrogens is 400 g/mol. The Labute approximate surface area is 189 Å². The van der Waals surface area contributed by atoms with Crippen LogP contribution < -0.4 is 10.9 Å². The fraction of sp³-hybridized carbons (Fsp3) is 0.385. The van der Waals surface area contributed by atoms with Crippen LogP contribution in [-0.2, 0) is 22.4 Å². The first-order valence-electron chi connectivity index (χ1n) is 11.6. The molecule has 0 radical (unpaired) electrons. The quantitative estimate of drug-likeness (QED) is 0.508. The lowest BCUT2D eigenvalue weighted by atomic mass is 9.90. The average molecular weight is 431 g/mol. The third-order valence-electron chi connectivity index (χ3n) is 6.06. The molecule has 0 atom stereocenters. The number of carbonyl (C=O) groups excluding carboxylic acids is 2. The first kappa shape index (κ1) is 21.9. The minimum atomic E-state index is -0.111. The summed E-state index contributed by atoms with van der Waals surface area (Å²) in [7, 11) is 0. The van der Waals surface area contributed by atoms with E-state index in [-0.39, 0.29) is 11.8 Å². The summed E-state index contributed by atoms with van der Waals surface area (Å²) in [5.74, 6) is -0.222. The molecule has 0 bridgehead atoms. The molecule has 6 heteroatoms. The van der Waals surface area contributed by atoms with Crippen LogP contribution in [0.5, 0.6) is 0 Å². The van der Waals surface area contributed by atoms with Crippen molar-refractivity contribution in [2.45, 2.75) is 64.2 Å². The molecule has 2 aliphatic rings. The van der Waals surface area contributed by atoms with E-state index in [1.165, 1.54) is 11.1 Å². The van der Waals surface area contributed by atoms with Gasteiger partial charge in [0.05, 0.1) is 11.4 Å². The van der Waals surface area contributed by atoms with Gasteiger partial charge in [0.2, 0.25) is 11.8 Å². The highest BCUT2D eigenvalue weighted by Crippen LogP contribution is 2.22. The Morgan fingerprint density at radius 2 is 1.09 bits per heavy atom. The Morgan fingerprint density at radius 1 is 0.656 bits per heavy atom. The summed E-state index contributed by atoms with van der Waals surface area (Å²) in [6.45, 7) is 0. The molecule has 2 N–H and O–H groups in total. The standard InChI is InChI=1S/C26H30N4O2/c31-25(29-27-23-15-7-11-19-9-1-3-13-21(19)23)17-5-6-18-26(32)30-28-24-16-8-12-20-10-2-4-14-22(20)24/h1-4,9-10,13-14H,5-8,11-12,15-18H2,(H,29,31)(H,30,32)/b27-23+,28-24+. The zero-order valence-corrected chi connectivity index (χ0v) is 18.4. The lowest BCUT2D eigenvalue weighted by Crippen LogP contribution is -2.23. The van der Waals surface area contributed by atoms with E-state index in [9.17, 15) is 9.59 Å². The lowest BCUT2D eigenvalue weighted by Gasteiger charge is -2.17. The normalized spacial score (nSPS) is 17.5. The highest BCUT2D eigenvalue weighted by Gasteiger charge is 2.16. The molecule has 166 valence electrons. The van der Waals surface area contributed by atoms with Crippen molar-refractivity contribution in [3.8, 4) is 0 Å². The van der Waals surface area contributed by atoms with Crippen LogP contribution in [0, 0.1) is 0 Å². The van der Waals surface area contributed by atoms with Gasteiger partial charge >= 0.3 is 0 Å². The number of carbonyl (C=O) groups is 2. The van der Waals surface area contributed by atoms with Gasteiger partial charge in [-0.2, -0.15) is 10.2 Å². The second kappa shape index (κ2) is 10.8. The molecule has 0 saturated heterocycles. The molecular formula is C26H30N4O2. The third kappa shape index (κ3) is 5.69. The van der Waals surface area contributed by atoms with Crippen molar-refractivity contribution in [2.75, 3.05) is 0 Å². The SMILES string of the molecule is O=C(CCCCC(=O)N/N=C1\CCCc2ccccc21)N/N=C1\CCCc2ccccc21. The van der Waals surface area contributed by atoms with Gasteiger partial charge in [-0.1, -0.05) is 48.5 Å². The summed E-state index contributed by atoms with van der Waals surface area (Å²) in [5.41, 5.74) is 12.1. The minimum Gasteiger partial charge on any atom is -0.273 e. The zero-order chi connectivity index (χ0) is 22.2. The first-order valence-corrected chi connectivity index (χ1v) is 11.6. The number of hydrogen-bond acceptors (Lipinski definition) is 4. The van der Waals surface area contributed by atoms with E-state index in [2.05, 4.69) is 45.3 Å². The molecule has 2 aromatic carbocycles. The molecule has 2 aliphatic carbocycles. The van der Waals surface area contributed by atoms with Gasteiger partial charge in [0.1, 0.15) is 0 Å². The van der Waals surface area contributed by atoms with Crippen molar-refractivity contribution in [1.82, 2.24) is 10.9 Å². The summed E-state index contributed by atoms with van der Waals surface area (Å²) in [6, 6.07) is 16.5. The largest absolute Gasteiger partial charge is 0.273 e. The van der Waals surface area contributed by atoms with Crippen molar-refractivity contribution in [3.63, 3.8) is 0 Å². The molecule has 2 aromatic rings. The molecule has 0 heterocycles. The number of amides is 2. The number of hydrogen-bond donors (Lipinski definition) is 2. The van der Waals surface area contributed by atoms with Crippen LogP contribution in [-0.4, -0.2) is 23.2 Å². The van der Waals surface area contributed by atoms with Crippen LogP contribution in [0.1, 0.15) is 73.6 Å². The van der Waals surface area contributed by atoms with Crippen LogP contribution in [0.25, 0.3) is 0 Å². The van der Waals surface area contributed by atoms with E-state index in [0.29, 0.717) is 25.7 Å². The fourth-order valence-electron chi connectivity index (χ4n) is 4.38. The molecule has 4 rings (SSSR count). The fourth-order valence-corrected chi connectivity index (χ4v) is 4.38. The summed E-state index contributed by atoms with van der Waals surface area (Å²) in [4.78, 5) is 24.3. The maximum absolute atomic E-state index is 12.2. The maximum atomic E-state index is 12.2. The molecule has 0 saturated carbocycles. The number of nitrogens with one attached hydrogen (secondary N) is 2. The molecule has 0 fully saturated rings. The predicted molar refractivity (Wildman–Crippen MR) is 127 cm³/mol. The van der Waals surface area contributed by atoms with Gasteiger partial charge in [-0.3, -0.25) is 9.59 Å². The second-order valence-electron chi connectivity index (χ2n) is 8.42. The Kier molecular flexibility index (Phi) is 7.43. The highest BCUT2D eigenvalue weighted by molar-refractivity contribution is 6.03. The van der Waals surface area contributed by atoms with Crippen LogP contribution in [0.2, 0.25) is 0 Å². The number of unbranched alkanes of at least 4 members (excludes halogenated alkanes) is 1. The third-order valence-corrected chi connectivity index (χ3v) is 6.06. The van der Waals surface area contributed by atoms with E-state index >= 15 is 0 Å². The van der Waals surface area contributed by atoms with Gasteiger partial charge in [-0.05, 0) is 62.5 Å². The van der Waals surface area contributed by atoms with Crippen LogP contribution >= 0.6 is 0 Å². The summed E-state index contributed by atoms with van der Waals surface area (Å²) in [6.07, 6.45) is 7.97. The Morgan fingerprint density at radius 3 is 1.56 bits per heavy atom. The van der Waals surface area contributed by atoms with Gasteiger partial charge in [0.25, 0.3) is 0 Å². The minimum absolute atomic E-state index is 0.111. The van der Waals surface area contributed by atoms with Crippen molar-refractivity contribution in [3.05, 3.63) is 70.8 Å². The van der Waals surface area contributed by atoms with Crippen molar-refractivity contribution >= 4 is 23.2 Å². The number of aryl methyl sites for hydroxylation is 2. The van der Waals surface area contributed by atoms with E-state index in [0.717, 1.165) is 61.1 Å². The highest BCUT2D eigenvalue weighted by atomic mass is 16.2. The van der Waals surface area contributed by atoms with Crippen LogP contribution in [0.3, 0.4) is 0 Å². The number of hydrazone groups is 2. The monoisotopic (exact) mass is 430 g/mol. The van der Waals surface area contributed by atoms with Gasteiger partial charge in [0.15, 0.2) is 0 Å². The number of benzene rings is 2. The zero-order valence-electron chi connectivity index (χ0n) is 18.4. The summed E-state index contributed by atoms with van der Waals surface area (Å²) < 4.78 is 0. The number of rotatable bonds is 7. The first-order chi connectivity index (χ1) is 15.7. The Bertz CT molecular complexity index is 958. The van der Waals surface area contributed by atoms with E-state index in [1.54, 1.807) is 0 Å². The van der Waals surface area contributed by atoms with Crippen molar-refractivity contribution in [1.29, 1.82) is 0 Å². The average Bonchev–Trinajstić information content (AvgIpc) is 2.84. The van der Waals surface area contributed by atoms with Crippen LogP contribution in [0.4, 0.5) is 0 Å². The molecule has 0 spiro atoms. The molecule has 0 unspecified atom stereocenters. The van der Waals surface area contributed by atoms with Gasteiger partial charge in [-0.25, -0.2) is 10.9 Å². The number of fused-ring (bicyclic) bond motifs is 2. The second-order valence-corrected chi connectivity index (χ2v) is 8.42. The molecule has 0 aliphatic heterocycles. The summed E-state index contributed by atoms with van der Waals surface area (Å²) >= 11 is 0. The Hall–Kier alpha value is -3.28. The van der Waals surface area contributed by atoms with Gasteiger partial charge in [0, 0.05) is 24.0 Å². The Balaban J connectivity index is 1.18. The topological polar surface area (TPSA) is 82.9 Å². The van der Waals surface area contributed by atoms with Crippen molar-refractivity contribution in [2.24, 2.45) is 10.2 Å². The van der Waals surface area contributed by atoms with Crippen molar-refractivity contribution < 1.29 is 9.59 Å². The maximum Gasteiger partial charge on any atom is 0.240 e. The van der Waals surface area contributed by atoms with Gasteiger partial charge in [-0.15, -0.1) is 0 Å². The van der Waals surface area contributed by atoms with E-state index < -0.39 is 0 Å². The molecule has 6 nitrogen and oxygen atoms in total. The number of nitrogens with zero attached hydrogens (tertiary/aromatic N) is 2. The van der Waals surface area contributed by atoms with E-state index in [1.807, 2.05) is 24.3 Å². The lowest BCUT2D eigenvalue weighted by molar-refractivity contribution is -0.123. The van der Waals surface area contributed by atoms with Crippen LogP contribution in [0.15, 0.2) is 58.7 Å². The predicted octanol–water partition coefficient (Wildman–Crippen LogP) is 4.26. The smallest absolute Gasteiger partial charge is 0.240 e. The van der Waals surface area contributed by atoms with E-state index in [4.69, 9.17) is 0 Å². The molecule has 2 amide bonds. The molecule has 0 aromatic heterocycles.